The number of nitrogens with zero attached hydrogens (tertiary/aromatic N) is 4. The Morgan fingerprint density at radius 2 is 1.82 bits per heavy atom. The van der Waals surface area contributed by atoms with E-state index in [0.29, 0.717) is 31.9 Å². The number of rotatable bonds is 5. The molecule has 2 amide bonds. The third-order valence-electron chi connectivity index (χ3n) is 7.64. The van der Waals surface area contributed by atoms with Gasteiger partial charge in [-0.15, -0.1) is 0 Å². The van der Waals surface area contributed by atoms with Crippen LogP contribution in [0, 0.1) is 5.92 Å². The number of hydrogen-bond acceptors (Lipinski definition) is 7. The van der Waals surface area contributed by atoms with Gasteiger partial charge in [0.25, 0.3) is 5.91 Å². The third kappa shape index (κ3) is 4.15. The molecule has 0 aliphatic carbocycles. The lowest BCUT2D eigenvalue weighted by Gasteiger charge is -2.43. The van der Waals surface area contributed by atoms with Crippen LogP contribution in [0.1, 0.15) is 12.0 Å². The zero-order valence-electron chi connectivity index (χ0n) is 21.2. The monoisotopic (exact) mass is 536 g/mol. The summed E-state index contributed by atoms with van der Waals surface area (Å²) in [4.78, 5) is 33.7. The van der Waals surface area contributed by atoms with Gasteiger partial charge in [-0.05, 0) is 41.7 Å². The maximum absolute atomic E-state index is 13.7. The Morgan fingerprint density at radius 3 is 2.50 bits per heavy atom. The lowest BCUT2D eigenvalue weighted by atomic mass is 9.90. The molecule has 3 aliphatic heterocycles. The van der Waals surface area contributed by atoms with Crippen molar-refractivity contribution in [3.05, 3.63) is 60.4 Å². The molecule has 0 saturated carbocycles. The SMILES string of the molecule is COC(=O)N1CC2(C1)N=C(c1ccc(-c3ccc4occc4c3)cc1)N(C[C@@H]1CCN(S(C)(=O)=O)C1)C2=O. The van der Waals surface area contributed by atoms with Crippen molar-refractivity contribution in [3.63, 3.8) is 0 Å². The molecular weight excluding hydrogens is 508 g/mol. The molecule has 11 heteroatoms. The zero-order valence-corrected chi connectivity index (χ0v) is 22.0. The van der Waals surface area contributed by atoms with Crippen molar-refractivity contribution >= 4 is 38.8 Å². The Hall–Kier alpha value is -3.70. The second-order valence-corrected chi connectivity index (χ2v) is 12.2. The molecule has 2 fully saturated rings. The van der Waals surface area contributed by atoms with E-state index >= 15 is 0 Å². The van der Waals surface area contributed by atoms with Crippen LogP contribution < -0.4 is 0 Å². The maximum atomic E-state index is 13.7. The van der Waals surface area contributed by atoms with E-state index in [4.69, 9.17) is 14.1 Å². The van der Waals surface area contributed by atoms with Gasteiger partial charge in [-0.3, -0.25) is 9.69 Å². The van der Waals surface area contributed by atoms with Gasteiger partial charge in [-0.2, -0.15) is 0 Å². The number of furan rings is 1. The largest absolute Gasteiger partial charge is 0.464 e. The quantitative estimate of drug-likeness (QED) is 0.496. The number of aliphatic imine (C=N–C) groups is 1. The van der Waals surface area contributed by atoms with Crippen LogP contribution in [-0.4, -0.2) is 92.0 Å². The molecule has 6 rings (SSSR count). The smallest absolute Gasteiger partial charge is 0.409 e. The summed E-state index contributed by atoms with van der Waals surface area (Å²) in [6.07, 6.45) is 3.05. The number of amides is 2. The Labute approximate surface area is 220 Å². The number of carbonyl (C=O) groups is 2. The lowest BCUT2D eigenvalue weighted by molar-refractivity contribution is -0.136. The molecule has 3 aromatic rings. The van der Waals surface area contributed by atoms with Crippen molar-refractivity contribution in [2.24, 2.45) is 10.9 Å². The number of benzene rings is 2. The molecule has 198 valence electrons. The van der Waals surface area contributed by atoms with Crippen LogP contribution >= 0.6 is 0 Å². The van der Waals surface area contributed by atoms with Gasteiger partial charge < -0.3 is 14.1 Å². The molecule has 10 nitrogen and oxygen atoms in total. The van der Waals surface area contributed by atoms with E-state index in [2.05, 4.69) is 6.07 Å². The Balaban J connectivity index is 1.28. The highest BCUT2D eigenvalue weighted by Crippen LogP contribution is 2.36. The summed E-state index contributed by atoms with van der Waals surface area (Å²) in [5.74, 6) is 0.376. The molecule has 1 aromatic heterocycles. The highest BCUT2D eigenvalue weighted by molar-refractivity contribution is 7.88. The number of fused-ring (bicyclic) bond motifs is 1. The van der Waals surface area contributed by atoms with E-state index in [-0.39, 0.29) is 24.9 Å². The summed E-state index contributed by atoms with van der Waals surface area (Å²) in [6.45, 7) is 1.48. The summed E-state index contributed by atoms with van der Waals surface area (Å²) < 4.78 is 35.8. The zero-order chi connectivity index (χ0) is 26.7. The van der Waals surface area contributed by atoms with Crippen LogP contribution in [0.25, 0.3) is 22.1 Å². The van der Waals surface area contributed by atoms with Crippen molar-refractivity contribution in [2.45, 2.75) is 12.0 Å². The predicted octanol–water partition coefficient (Wildman–Crippen LogP) is 2.79. The molecule has 0 unspecified atom stereocenters. The highest BCUT2D eigenvalue weighted by Gasteiger charge is 2.58. The number of methoxy groups -OCH3 is 1. The molecule has 3 aliphatic rings. The van der Waals surface area contributed by atoms with Gasteiger partial charge >= 0.3 is 6.09 Å². The van der Waals surface area contributed by atoms with Gasteiger partial charge in [0.05, 0.1) is 32.7 Å². The predicted molar refractivity (Wildman–Crippen MR) is 141 cm³/mol. The fourth-order valence-corrected chi connectivity index (χ4v) is 6.48. The summed E-state index contributed by atoms with van der Waals surface area (Å²) in [6, 6.07) is 15.8. The number of amidine groups is 1. The summed E-state index contributed by atoms with van der Waals surface area (Å²) in [5.41, 5.74) is 2.64. The van der Waals surface area contributed by atoms with Gasteiger partial charge in [0, 0.05) is 30.6 Å². The average molecular weight is 537 g/mol. The standard InChI is InChI=1S/C27H28N4O6S/c1-36-26(33)29-16-27(17-29)25(32)31(15-18-9-11-30(14-18)38(2,34)35)24(28-27)20-5-3-19(4-6-20)21-7-8-23-22(13-21)10-12-37-23/h3-8,10,12-13,18H,9,11,14-17H2,1-2H3/t18-/m1/s1. The molecule has 1 spiro atoms. The molecule has 1 atom stereocenters. The molecule has 0 N–H and O–H groups in total. The van der Waals surface area contributed by atoms with Gasteiger partial charge in [-0.25, -0.2) is 22.5 Å². The fourth-order valence-electron chi connectivity index (χ4n) is 5.56. The second-order valence-electron chi connectivity index (χ2n) is 10.2. The van der Waals surface area contributed by atoms with Crippen LogP contribution in [-0.2, 0) is 19.6 Å². The van der Waals surface area contributed by atoms with Crippen molar-refractivity contribution in [1.29, 1.82) is 0 Å². The van der Waals surface area contributed by atoms with Crippen LogP contribution in [0.5, 0.6) is 0 Å². The van der Waals surface area contributed by atoms with Gasteiger partial charge in [-0.1, -0.05) is 30.3 Å². The van der Waals surface area contributed by atoms with E-state index in [9.17, 15) is 18.0 Å². The lowest BCUT2D eigenvalue weighted by Crippen LogP contribution is -2.66. The molecule has 2 saturated heterocycles. The first-order valence-corrected chi connectivity index (χ1v) is 14.3. The first kappa shape index (κ1) is 24.6. The number of likely N-dealkylation sites (tertiary alicyclic amines) is 1. The van der Waals surface area contributed by atoms with Crippen molar-refractivity contribution in [3.8, 4) is 11.1 Å². The Kier molecular flexibility index (Phi) is 5.80. The first-order chi connectivity index (χ1) is 18.2. The minimum absolute atomic E-state index is 0.00762. The normalized spacial score (nSPS) is 21.3. The van der Waals surface area contributed by atoms with Crippen LogP contribution in [0.3, 0.4) is 0 Å². The summed E-state index contributed by atoms with van der Waals surface area (Å²) >= 11 is 0. The Bertz CT molecular complexity index is 1560. The number of hydrogen-bond donors (Lipinski definition) is 0. The maximum Gasteiger partial charge on any atom is 0.409 e. The number of carbonyl (C=O) groups excluding carboxylic acids is 2. The molecule has 0 radical (unpaired) electrons. The Morgan fingerprint density at radius 1 is 1.11 bits per heavy atom. The minimum atomic E-state index is -3.29. The van der Waals surface area contributed by atoms with Crippen LogP contribution in [0.15, 0.2) is 64.2 Å². The van der Waals surface area contributed by atoms with Crippen molar-refractivity contribution in [2.75, 3.05) is 46.1 Å². The van der Waals surface area contributed by atoms with E-state index in [1.165, 1.54) is 22.6 Å². The first-order valence-electron chi connectivity index (χ1n) is 12.4. The molecule has 4 heterocycles. The highest BCUT2D eigenvalue weighted by atomic mass is 32.2. The van der Waals surface area contributed by atoms with Gasteiger partial charge in [0.2, 0.25) is 10.0 Å². The topological polar surface area (TPSA) is 113 Å². The molecule has 0 bridgehead atoms. The van der Waals surface area contributed by atoms with Gasteiger partial charge in [0.1, 0.15) is 11.4 Å². The summed E-state index contributed by atoms with van der Waals surface area (Å²) in [5, 5.41) is 1.02. The van der Waals surface area contributed by atoms with Crippen LogP contribution in [0.2, 0.25) is 0 Å². The van der Waals surface area contributed by atoms with E-state index < -0.39 is 21.7 Å². The fraction of sp³-hybridized carbons (Fsp3) is 0.370. The number of ether oxygens (including phenoxy) is 1. The minimum Gasteiger partial charge on any atom is -0.464 e. The van der Waals surface area contributed by atoms with Gasteiger partial charge in [0.15, 0.2) is 5.54 Å². The number of sulfonamides is 1. The van der Waals surface area contributed by atoms with E-state index in [1.807, 2.05) is 42.5 Å². The second kappa shape index (κ2) is 8.95. The average Bonchev–Trinajstić information content (AvgIpc) is 3.61. The summed E-state index contributed by atoms with van der Waals surface area (Å²) in [7, 11) is -1.98. The van der Waals surface area contributed by atoms with E-state index in [1.54, 1.807) is 11.2 Å². The molecule has 2 aromatic carbocycles. The van der Waals surface area contributed by atoms with Crippen molar-refractivity contribution in [1.82, 2.24) is 14.1 Å². The van der Waals surface area contributed by atoms with Crippen molar-refractivity contribution < 1.29 is 27.2 Å². The molecule has 38 heavy (non-hydrogen) atoms. The van der Waals surface area contributed by atoms with Crippen LogP contribution in [0.4, 0.5) is 4.79 Å². The van der Waals surface area contributed by atoms with E-state index in [0.717, 1.165) is 27.7 Å². The third-order valence-corrected chi connectivity index (χ3v) is 8.91. The molecular formula is C27H28N4O6S.